The Morgan fingerprint density at radius 3 is 3.06 bits per heavy atom. The van der Waals surface area contributed by atoms with Gasteiger partial charge in [0.25, 0.3) is 0 Å². The highest BCUT2D eigenvalue weighted by Gasteiger charge is 2.20. The van der Waals surface area contributed by atoms with E-state index in [0.717, 1.165) is 18.8 Å². The average Bonchev–Trinajstić information content (AvgIpc) is 2.95. The molecule has 0 radical (unpaired) electrons. The zero-order valence-electron chi connectivity index (χ0n) is 10.0. The molecule has 2 aromatic rings. The number of thiazole rings is 1. The number of methoxy groups -OCH3 is 1. The Morgan fingerprint density at radius 1 is 1.61 bits per heavy atom. The highest BCUT2D eigenvalue weighted by atomic mass is 35.5. The van der Waals surface area contributed by atoms with Crippen LogP contribution in [0.2, 0.25) is 5.15 Å². The van der Waals surface area contributed by atoms with Crippen molar-refractivity contribution in [2.75, 3.05) is 7.11 Å². The van der Waals surface area contributed by atoms with Gasteiger partial charge in [-0.1, -0.05) is 18.5 Å². The number of halogens is 1. The second-order valence-corrected chi connectivity index (χ2v) is 4.93. The van der Waals surface area contributed by atoms with Gasteiger partial charge in [-0.2, -0.15) is 0 Å². The van der Waals surface area contributed by atoms with E-state index in [1.807, 2.05) is 10.8 Å². The van der Waals surface area contributed by atoms with E-state index < -0.39 is 5.97 Å². The number of rotatable bonds is 4. The molecule has 0 bridgehead atoms. The molecular formula is C11H12ClN3O2S. The van der Waals surface area contributed by atoms with Crippen molar-refractivity contribution >= 4 is 28.9 Å². The molecule has 0 saturated heterocycles. The summed E-state index contributed by atoms with van der Waals surface area (Å²) in [6.45, 7) is 2.93. The molecule has 7 heteroatoms. The Labute approximate surface area is 113 Å². The first-order valence-corrected chi connectivity index (χ1v) is 6.63. The summed E-state index contributed by atoms with van der Waals surface area (Å²) < 4.78 is 6.63. The van der Waals surface area contributed by atoms with Gasteiger partial charge in [-0.3, -0.25) is 0 Å². The number of hydrogen-bond acceptors (Lipinski definition) is 5. The lowest BCUT2D eigenvalue weighted by Gasteiger charge is -2.02. The van der Waals surface area contributed by atoms with Crippen LogP contribution in [0.4, 0.5) is 0 Å². The van der Waals surface area contributed by atoms with Crippen molar-refractivity contribution in [1.29, 1.82) is 0 Å². The van der Waals surface area contributed by atoms with Crippen LogP contribution in [-0.2, 0) is 11.3 Å². The second-order valence-electron chi connectivity index (χ2n) is 3.57. The highest BCUT2D eigenvalue weighted by molar-refractivity contribution is 7.17. The summed E-state index contributed by atoms with van der Waals surface area (Å²) >= 11 is 7.12. The number of nitrogens with zero attached hydrogens (tertiary/aromatic N) is 3. The smallest absolute Gasteiger partial charge is 0.351 e. The fraction of sp³-hybridized carbons (Fsp3) is 0.364. The molecule has 2 rings (SSSR count). The number of ether oxygens (including phenoxy) is 1. The Hall–Kier alpha value is -1.40. The van der Waals surface area contributed by atoms with Gasteiger partial charge in [0.15, 0.2) is 20.9 Å². The Balaban J connectivity index is 2.39. The number of aryl methyl sites for hydroxylation is 1. The maximum Gasteiger partial charge on any atom is 0.351 e. The summed E-state index contributed by atoms with van der Waals surface area (Å²) in [7, 11) is 1.32. The third kappa shape index (κ3) is 2.39. The molecular weight excluding hydrogens is 274 g/mol. The van der Waals surface area contributed by atoms with Gasteiger partial charge in [-0.25, -0.2) is 14.8 Å². The van der Waals surface area contributed by atoms with Gasteiger partial charge in [0.1, 0.15) is 0 Å². The molecule has 2 heterocycles. The molecule has 2 aromatic heterocycles. The molecule has 0 atom stereocenters. The quantitative estimate of drug-likeness (QED) is 0.811. The summed E-state index contributed by atoms with van der Waals surface area (Å²) in [6, 6.07) is 0. The van der Waals surface area contributed by atoms with E-state index in [4.69, 9.17) is 11.6 Å². The summed E-state index contributed by atoms with van der Waals surface area (Å²) in [5, 5.41) is 0.784. The molecule has 0 aliphatic rings. The molecule has 96 valence electrons. The maximum atomic E-state index is 11.5. The molecule has 0 N–H and O–H groups in total. The van der Waals surface area contributed by atoms with Gasteiger partial charge in [-0.05, 0) is 6.42 Å². The number of imidazole rings is 1. The van der Waals surface area contributed by atoms with E-state index in [9.17, 15) is 4.79 Å². The van der Waals surface area contributed by atoms with Crippen molar-refractivity contribution < 1.29 is 9.53 Å². The zero-order valence-corrected chi connectivity index (χ0v) is 11.6. The number of esters is 1. The minimum Gasteiger partial charge on any atom is -0.465 e. The van der Waals surface area contributed by atoms with E-state index in [-0.39, 0.29) is 5.15 Å². The number of carbonyl (C=O) groups excluding carboxylic acids is 1. The molecule has 0 aromatic carbocycles. The Morgan fingerprint density at radius 2 is 2.39 bits per heavy atom. The number of aromatic nitrogens is 3. The molecule has 0 amide bonds. The van der Waals surface area contributed by atoms with Crippen molar-refractivity contribution in [2.45, 2.75) is 19.9 Å². The van der Waals surface area contributed by atoms with Gasteiger partial charge in [-0.15, -0.1) is 11.3 Å². The minimum absolute atomic E-state index is 0.160. The van der Waals surface area contributed by atoms with Crippen LogP contribution >= 0.6 is 22.9 Å². The van der Waals surface area contributed by atoms with Gasteiger partial charge < -0.3 is 9.30 Å². The molecule has 0 spiro atoms. The average molecular weight is 286 g/mol. The van der Waals surface area contributed by atoms with Crippen LogP contribution in [0, 0.1) is 0 Å². The van der Waals surface area contributed by atoms with Crippen molar-refractivity contribution in [3.8, 4) is 10.8 Å². The van der Waals surface area contributed by atoms with Gasteiger partial charge in [0.2, 0.25) is 0 Å². The molecule has 18 heavy (non-hydrogen) atoms. The molecule has 0 saturated carbocycles. The SMILES string of the molecule is CCCn1ccnc1-c1nc(Cl)c(C(=O)OC)s1. The van der Waals surface area contributed by atoms with E-state index >= 15 is 0 Å². The maximum absolute atomic E-state index is 11.5. The van der Waals surface area contributed by atoms with Crippen LogP contribution in [-0.4, -0.2) is 27.6 Å². The van der Waals surface area contributed by atoms with Crippen molar-refractivity contribution in [2.24, 2.45) is 0 Å². The van der Waals surface area contributed by atoms with Gasteiger partial charge in [0.05, 0.1) is 7.11 Å². The van der Waals surface area contributed by atoms with Crippen LogP contribution in [0.15, 0.2) is 12.4 Å². The molecule has 0 unspecified atom stereocenters. The zero-order chi connectivity index (χ0) is 13.1. The van der Waals surface area contributed by atoms with Crippen molar-refractivity contribution in [3.05, 3.63) is 22.4 Å². The van der Waals surface area contributed by atoms with Crippen LogP contribution in [0.3, 0.4) is 0 Å². The van der Waals surface area contributed by atoms with Gasteiger partial charge >= 0.3 is 5.97 Å². The molecule has 5 nitrogen and oxygen atoms in total. The standard InChI is InChI=1S/C11H12ClN3O2S/c1-3-5-15-6-4-13-9(15)10-14-8(12)7(18-10)11(16)17-2/h4,6H,3,5H2,1-2H3. The largest absolute Gasteiger partial charge is 0.465 e. The fourth-order valence-electron chi connectivity index (χ4n) is 1.54. The topological polar surface area (TPSA) is 57.0 Å². The van der Waals surface area contributed by atoms with Crippen molar-refractivity contribution in [3.63, 3.8) is 0 Å². The Kier molecular flexibility index (Phi) is 3.98. The second kappa shape index (κ2) is 5.49. The normalized spacial score (nSPS) is 10.6. The lowest BCUT2D eigenvalue weighted by molar-refractivity contribution is 0.0606. The number of carbonyl (C=O) groups is 1. The highest BCUT2D eigenvalue weighted by Crippen LogP contribution is 2.30. The van der Waals surface area contributed by atoms with Crippen molar-refractivity contribution in [1.82, 2.24) is 14.5 Å². The monoisotopic (exact) mass is 285 g/mol. The predicted octanol–water partition coefficient (Wildman–Crippen LogP) is 2.86. The van der Waals surface area contributed by atoms with Crippen LogP contribution in [0.5, 0.6) is 0 Å². The first-order chi connectivity index (χ1) is 8.67. The van der Waals surface area contributed by atoms with Gasteiger partial charge in [0, 0.05) is 18.9 Å². The molecule has 0 aliphatic carbocycles. The van der Waals surface area contributed by atoms with Crippen LogP contribution < -0.4 is 0 Å². The first-order valence-electron chi connectivity index (χ1n) is 5.43. The summed E-state index contributed by atoms with van der Waals surface area (Å²) in [5.41, 5.74) is 0. The fourth-order valence-corrected chi connectivity index (χ4v) is 2.76. The molecule has 0 fully saturated rings. The lowest BCUT2D eigenvalue weighted by Crippen LogP contribution is -1.98. The Bertz CT molecular complexity index is 564. The molecule has 0 aliphatic heterocycles. The summed E-state index contributed by atoms with van der Waals surface area (Å²) in [5.74, 6) is 0.247. The predicted molar refractivity (Wildman–Crippen MR) is 70.0 cm³/mol. The summed E-state index contributed by atoms with van der Waals surface area (Å²) in [6.07, 6.45) is 4.58. The first kappa shape index (κ1) is 13.0. The van der Waals surface area contributed by atoms with E-state index in [1.54, 1.807) is 6.20 Å². The third-order valence-electron chi connectivity index (χ3n) is 2.33. The third-order valence-corrected chi connectivity index (χ3v) is 3.74. The minimum atomic E-state index is -0.475. The van der Waals surface area contributed by atoms with Crippen LogP contribution in [0.25, 0.3) is 10.8 Å². The van der Waals surface area contributed by atoms with E-state index in [2.05, 4.69) is 21.6 Å². The van der Waals surface area contributed by atoms with E-state index in [1.165, 1.54) is 18.4 Å². The lowest BCUT2D eigenvalue weighted by atomic mass is 10.4. The summed E-state index contributed by atoms with van der Waals surface area (Å²) in [4.78, 5) is 20.2. The van der Waals surface area contributed by atoms with E-state index in [0.29, 0.717) is 9.88 Å². The van der Waals surface area contributed by atoms with Crippen LogP contribution in [0.1, 0.15) is 23.0 Å². The number of hydrogen-bond donors (Lipinski definition) is 0.